The van der Waals surface area contributed by atoms with Gasteiger partial charge in [-0.1, -0.05) is 20.8 Å². The summed E-state index contributed by atoms with van der Waals surface area (Å²) in [5.41, 5.74) is 0.0952. The van der Waals surface area contributed by atoms with Gasteiger partial charge in [-0.15, -0.1) is 0 Å². The highest BCUT2D eigenvalue weighted by Crippen LogP contribution is 2.26. The number of sulfone groups is 1. The Kier molecular flexibility index (Phi) is 6.56. The first kappa shape index (κ1) is 15.9. The van der Waals surface area contributed by atoms with Crippen LogP contribution in [-0.2, 0) is 9.84 Å². The quantitative estimate of drug-likeness (QED) is 0.717. The molecule has 1 unspecified atom stereocenters. The third kappa shape index (κ3) is 5.30. The van der Waals surface area contributed by atoms with E-state index in [2.05, 4.69) is 26.1 Å². The van der Waals surface area contributed by atoms with Crippen LogP contribution in [-0.4, -0.2) is 32.5 Å². The van der Waals surface area contributed by atoms with Gasteiger partial charge in [-0.3, -0.25) is 0 Å². The van der Waals surface area contributed by atoms with Gasteiger partial charge in [-0.05, 0) is 38.6 Å². The van der Waals surface area contributed by atoms with Gasteiger partial charge < -0.3 is 5.32 Å². The molecule has 1 N–H and O–H groups in total. The molecule has 98 valence electrons. The van der Waals surface area contributed by atoms with Crippen LogP contribution in [0.3, 0.4) is 0 Å². The van der Waals surface area contributed by atoms with Crippen molar-refractivity contribution in [3.63, 3.8) is 0 Å². The molecule has 0 amide bonds. The van der Waals surface area contributed by atoms with Crippen molar-refractivity contribution >= 4 is 9.84 Å². The molecule has 0 aliphatic heterocycles. The average Bonchev–Trinajstić information content (AvgIpc) is 2.23. The number of hydrogen-bond acceptors (Lipinski definition) is 3. The van der Waals surface area contributed by atoms with Crippen molar-refractivity contribution in [1.29, 1.82) is 0 Å². The molecule has 0 aliphatic rings. The highest BCUT2D eigenvalue weighted by atomic mass is 32.2. The lowest BCUT2D eigenvalue weighted by atomic mass is 9.85. The van der Waals surface area contributed by atoms with Crippen molar-refractivity contribution in [1.82, 2.24) is 5.32 Å². The summed E-state index contributed by atoms with van der Waals surface area (Å²) in [6.45, 7) is 11.7. The summed E-state index contributed by atoms with van der Waals surface area (Å²) >= 11 is 0. The summed E-state index contributed by atoms with van der Waals surface area (Å²) in [4.78, 5) is 0. The Morgan fingerprint density at radius 2 is 1.81 bits per heavy atom. The Morgan fingerprint density at radius 1 is 1.25 bits per heavy atom. The molecule has 0 aromatic heterocycles. The molecule has 0 heterocycles. The van der Waals surface area contributed by atoms with E-state index in [-0.39, 0.29) is 10.7 Å². The zero-order valence-electron chi connectivity index (χ0n) is 11.3. The average molecular weight is 249 g/mol. The first-order valence-corrected chi connectivity index (χ1v) is 7.91. The summed E-state index contributed by atoms with van der Waals surface area (Å²) in [5.74, 6) is 0.306. The van der Waals surface area contributed by atoms with E-state index < -0.39 is 9.84 Å². The van der Waals surface area contributed by atoms with Crippen molar-refractivity contribution in [3.05, 3.63) is 0 Å². The fraction of sp³-hybridized carbons (Fsp3) is 1.00. The van der Waals surface area contributed by atoms with Gasteiger partial charge in [0.25, 0.3) is 0 Å². The largest absolute Gasteiger partial charge is 0.316 e. The molecule has 1 atom stereocenters. The van der Waals surface area contributed by atoms with Gasteiger partial charge in [0.15, 0.2) is 9.84 Å². The monoisotopic (exact) mass is 249 g/mol. The van der Waals surface area contributed by atoms with Crippen LogP contribution in [0.4, 0.5) is 0 Å². The molecular formula is C12H27NO2S. The Morgan fingerprint density at radius 3 is 2.19 bits per heavy atom. The lowest BCUT2D eigenvalue weighted by Gasteiger charge is -2.28. The predicted molar refractivity (Wildman–Crippen MR) is 70.5 cm³/mol. The third-order valence-corrected chi connectivity index (χ3v) is 5.57. The second-order valence-electron chi connectivity index (χ2n) is 5.11. The van der Waals surface area contributed by atoms with Gasteiger partial charge in [-0.2, -0.15) is 0 Å². The summed E-state index contributed by atoms with van der Waals surface area (Å²) in [6, 6.07) is 0. The van der Waals surface area contributed by atoms with E-state index in [1.807, 2.05) is 0 Å². The number of rotatable bonds is 8. The molecule has 0 rings (SSSR count). The summed E-state index contributed by atoms with van der Waals surface area (Å²) in [5, 5.41) is 3.05. The molecular weight excluding hydrogens is 222 g/mol. The molecule has 0 spiro atoms. The zero-order chi connectivity index (χ0) is 12.8. The molecule has 0 saturated carbocycles. The lowest BCUT2D eigenvalue weighted by Crippen LogP contribution is -2.34. The number of hydrogen-bond donors (Lipinski definition) is 1. The minimum Gasteiger partial charge on any atom is -0.316 e. The molecule has 3 nitrogen and oxygen atoms in total. The van der Waals surface area contributed by atoms with Crippen molar-refractivity contribution in [2.45, 2.75) is 52.7 Å². The van der Waals surface area contributed by atoms with Crippen molar-refractivity contribution in [2.24, 2.45) is 5.41 Å². The van der Waals surface area contributed by atoms with E-state index >= 15 is 0 Å². The summed E-state index contributed by atoms with van der Waals surface area (Å²) in [6.07, 6.45) is 1.75. The highest BCUT2D eigenvalue weighted by Gasteiger charge is 2.25. The second kappa shape index (κ2) is 6.60. The molecule has 0 saturated heterocycles. The predicted octanol–water partition coefficient (Wildman–Crippen LogP) is 2.23. The summed E-state index contributed by atoms with van der Waals surface area (Å²) in [7, 11) is -2.89. The Balaban J connectivity index is 4.34. The Bertz CT molecular complexity index is 285. The van der Waals surface area contributed by atoms with E-state index in [1.165, 1.54) is 0 Å². The van der Waals surface area contributed by atoms with Gasteiger partial charge in [0.2, 0.25) is 0 Å². The van der Waals surface area contributed by atoms with E-state index in [0.717, 1.165) is 25.9 Å². The van der Waals surface area contributed by atoms with Crippen LogP contribution in [0.5, 0.6) is 0 Å². The smallest absolute Gasteiger partial charge is 0.152 e. The van der Waals surface area contributed by atoms with Crippen LogP contribution < -0.4 is 5.32 Å². The minimum absolute atomic E-state index is 0.0952. The molecule has 0 aromatic carbocycles. The maximum absolute atomic E-state index is 11.7. The standard InChI is InChI=1S/C12H27NO2S/c1-6-12(5,10-13-7-2)8-9-16(14,15)11(3)4/h11,13H,6-10H2,1-5H3. The Labute approximate surface area is 101 Å². The highest BCUT2D eigenvalue weighted by molar-refractivity contribution is 7.91. The first-order valence-electron chi connectivity index (χ1n) is 6.19. The van der Waals surface area contributed by atoms with Crippen LogP contribution in [0.25, 0.3) is 0 Å². The minimum atomic E-state index is -2.89. The first-order chi connectivity index (χ1) is 7.27. The molecule has 0 aliphatic carbocycles. The van der Waals surface area contributed by atoms with Crippen LogP contribution in [0.15, 0.2) is 0 Å². The van der Waals surface area contributed by atoms with E-state index in [0.29, 0.717) is 5.75 Å². The van der Waals surface area contributed by atoms with Gasteiger partial charge in [0.05, 0.1) is 11.0 Å². The van der Waals surface area contributed by atoms with Crippen LogP contribution >= 0.6 is 0 Å². The maximum Gasteiger partial charge on any atom is 0.152 e. The normalized spacial score (nSPS) is 16.4. The van der Waals surface area contributed by atoms with Gasteiger partial charge in [-0.25, -0.2) is 8.42 Å². The topological polar surface area (TPSA) is 46.2 Å². The van der Waals surface area contributed by atoms with Gasteiger partial charge in [0.1, 0.15) is 0 Å². The molecule has 0 radical (unpaired) electrons. The van der Waals surface area contributed by atoms with E-state index in [1.54, 1.807) is 13.8 Å². The zero-order valence-corrected chi connectivity index (χ0v) is 12.2. The van der Waals surface area contributed by atoms with Crippen LogP contribution in [0, 0.1) is 5.41 Å². The van der Waals surface area contributed by atoms with Gasteiger partial charge >= 0.3 is 0 Å². The second-order valence-corrected chi connectivity index (χ2v) is 7.79. The third-order valence-electron chi connectivity index (χ3n) is 3.36. The Hall–Kier alpha value is -0.0900. The molecule has 0 aromatic rings. The lowest BCUT2D eigenvalue weighted by molar-refractivity contribution is 0.284. The van der Waals surface area contributed by atoms with Crippen LogP contribution in [0.2, 0.25) is 0 Å². The van der Waals surface area contributed by atoms with Gasteiger partial charge in [0, 0.05) is 6.54 Å². The van der Waals surface area contributed by atoms with Crippen LogP contribution in [0.1, 0.15) is 47.5 Å². The van der Waals surface area contributed by atoms with E-state index in [9.17, 15) is 8.42 Å². The molecule has 16 heavy (non-hydrogen) atoms. The summed E-state index contributed by atoms with van der Waals surface area (Å²) < 4.78 is 23.5. The molecule has 0 fully saturated rings. The van der Waals surface area contributed by atoms with Crippen molar-refractivity contribution in [2.75, 3.05) is 18.8 Å². The molecule has 4 heteroatoms. The van der Waals surface area contributed by atoms with Crippen molar-refractivity contribution in [3.8, 4) is 0 Å². The fourth-order valence-corrected chi connectivity index (χ4v) is 2.69. The number of nitrogens with one attached hydrogen (secondary N) is 1. The SMILES string of the molecule is CCNCC(C)(CC)CCS(=O)(=O)C(C)C. The van der Waals surface area contributed by atoms with E-state index in [4.69, 9.17) is 0 Å². The maximum atomic E-state index is 11.7. The fourth-order valence-electron chi connectivity index (χ4n) is 1.44. The molecule has 0 bridgehead atoms. The van der Waals surface area contributed by atoms with Crippen molar-refractivity contribution < 1.29 is 8.42 Å².